The summed E-state index contributed by atoms with van der Waals surface area (Å²) in [5.41, 5.74) is 1.39. The summed E-state index contributed by atoms with van der Waals surface area (Å²) in [5.74, 6) is 1.87. The number of methoxy groups -OCH3 is 3. The minimum absolute atomic E-state index is 0.102. The lowest BCUT2D eigenvalue weighted by molar-refractivity contribution is -0.0605. The topological polar surface area (TPSA) is 27.7 Å². The molecule has 0 heterocycles. The SMILES string of the molecule is C=C/C=C\[C@H](C)C(OC)[C@@H](C)C(OC)[C@@H](C)C/C(C)=C\[C@H](C)C(OC)C(C)C. The van der Waals surface area contributed by atoms with Gasteiger partial charge in [-0.3, -0.25) is 0 Å². The van der Waals surface area contributed by atoms with E-state index in [1.807, 2.05) is 26.4 Å². The van der Waals surface area contributed by atoms with Crippen LogP contribution in [0.4, 0.5) is 0 Å². The molecule has 0 N–H and O–H groups in total. The lowest BCUT2D eigenvalue weighted by Crippen LogP contribution is -2.39. The highest BCUT2D eigenvalue weighted by molar-refractivity contribution is 5.05. The van der Waals surface area contributed by atoms with E-state index in [2.05, 4.69) is 67.2 Å². The third-order valence-corrected chi connectivity index (χ3v) is 5.85. The van der Waals surface area contributed by atoms with Gasteiger partial charge >= 0.3 is 0 Å². The highest BCUT2D eigenvalue weighted by atomic mass is 16.5. The molecule has 3 unspecified atom stereocenters. The molecular formula is C25H46O3. The summed E-state index contributed by atoms with van der Waals surface area (Å²) in [4.78, 5) is 0. The van der Waals surface area contributed by atoms with Crippen molar-refractivity contribution in [3.8, 4) is 0 Å². The molecule has 164 valence electrons. The van der Waals surface area contributed by atoms with E-state index in [4.69, 9.17) is 14.2 Å². The zero-order chi connectivity index (χ0) is 21.9. The normalized spacial score (nSPS) is 20.6. The third-order valence-electron chi connectivity index (χ3n) is 5.85. The Kier molecular flexibility index (Phi) is 13.7. The van der Waals surface area contributed by atoms with Crippen molar-refractivity contribution in [3.63, 3.8) is 0 Å². The Balaban J connectivity index is 5.19. The summed E-state index contributed by atoms with van der Waals surface area (Å²) in [6.45, 7) is 19.4. The van der Waals surface area contributed by atoms with Gasteiger partial charge in [-0.1, -0.05) is 78.0 Å². The Morgan fingerprint density at radius 1 is 0.821 bits per heavy atom. The van der Waals surface area contributed by atoms with Crippen LogP contribution in [0.25, 0.3) is 0 Å². The van der Waals surface area contributed by atoms with Crippen molar-refractivity contribution in [2.75, 3.05) is 21.3 Å². The van der Waals surface area contributed by atoms with Crippen LogP contribution < -0.4 is 0 Å². The van der Waals surface area contributed by atoms with Gasteiger partial charge in [-0.2, -0.15) is 0 Å². The van der Waals surface area contributed by atoms with Crippen molar-refractivity contribution in [2.45, 2.75) is 73.2 Å². The molecule has 0 aromatic carbocycles. The first-order valence-electron chi connectivity index (χ1n) is 10.7. The number of ether oxygens (including phenoxy) is 3. The standard InChI is InChI=1S/C25H46O3/c1-12-13-14-19(5)24(27-10)22(8)25(28-11)21(7)16-18(4)15-20(6)23(26-9)17(2)3/h12-15,17,19-25H,1,16H2,2-11H3/b14-13-,18-15-/t19-,20-,21-,22+,23?,24?,25?/m0/s1. The minimum Gasteiger partial charge on any atom is -0.381 e. The maximum atomic E-state index is 5.95. The first-order chi connectivity index (χ1) is 13.1. The monoisotopic (exact) mass is 394 g/mol. The van der Waals surface area contributed by atoms with Crippen LogP contribution in [0.15, 0.2) is 36.5 Å². The molecule has 28 heavy (non-hydrogen) atoms. The molecule has 0 saturated carbocycles. The summed E-state index contributed by atoms with van der Waals surface area (Å²) >= 11 is 0. The van der Waals surface area contributed by atoms with Crippen LogP contribution in [0.5, 0.6) is 0 Å². The first kappa shape index (κ1) is 27.1. The molecule has 0 fully saturated rings. The average Bonchev–Trinajstić information content (AvgIpc) is 2.61. The summed E-state index contributed by atoms with van der Waals surface area (Å²) in [6.07, 6.45) is 9.81. The molecule has 3 heteroatoms. The summed E-state index contributed by atoms with van der Waals surface area (Å²) in [7, 11) is 5.42. The van der Waals surface area contributed by atoms with Gasteiger partial charge in [-0.25, -0.2) is 0 Å². The largest absolute Gasteiger partial charge is 0.381 e. The second-order valence-electron chi connectivity index (χ2n) is 8.74. The molecular weight excluding hydrogens is 348 g/mol. The Hall–Kier alpha value is -0.900. The molecule has 0 aliphatic carbocycles. The van der Waals surface area contributed by atoms with Crippen LogP contribution >= 0.6 is 0 Å². The molecule has 0 aliphatic rings. The lowest BCUT2D eigenvalue weighted by atomic mass is 9.81. The van der Waals surface area contributed by atoms with E-state index in [0.717, 1.165) is 6.42 Å². The van der Waals surface area contributed by atoms with Crippen molar-refractivity contribution in [1.29, 1.82) is 0 Å². The molecule has 0 aromatic rings. The first-order valence-corrected chi connectivity index (χ1v) is 10.7. The molecule has 0 rings (SSSR count). The number of allylic oxidation sites excluding steroid dienone is 3. The van der Waals surface area contributed by atoms with Gasteiger partial charge in [-0.05, 0) is 25.2 Å². The fraction of sp³-hybridized carbons (Fsp3) is 0.760. The highest BCUT2D eigenvalue weighted by Crippen LogP contribution is 2.30. The third kappa shape index (κ3) is 8.63. The van der Waals surface area contributed by atoms with Crippen LogP contribution in [0.2, 0.25) is 0 Å². The van der Waals surface area contributed by atoms with E-state index in [1.165, 1.54) is 5.57 Å². The zero-order valence-corrected chi connectivity index (χ0v) is 20.1. The van der Waals surface area contributed by atoms with Gasteiger partial charge in [0.2, 0.25) is 0 Å². The van der Waals surface area contributed by atoms with Gasteiger partial charge in [0.05, 0.1) is 18.3 Å². The van der Waals surface area contributed by atoms with Gasteiger partial charge in [-0.15, -0.1) is 0 Å². The van der Waals surface area contributed by atoms with Crippen LogP contribution in [-0.4, -0.2) is 39.6 Å². The van der Waals surface area contributed by atoms with E-state index >= 15 is 0 Å². The van der Waals surface area contributed by atoms with E-state index in [0.29, 0.717) is 23.7 Å². The fourth-order valence-electron chi connectivity index (χ4n) is 4.75. The molecule has 0 amide bonds. The summed E-state index contributed by atoms with van der Waals surface area (Å²) in [5, 5.41) is 0. The van der Waals surface area contributed by atoms with Crippen molar-refractivity contribution in [2.24, 2.45) is 29.6 Å². The van der Waals surface area contributed by atoms with E-state index < -0.39 is 0 Å². The molecule has 0 aromatic heterocycles. The number of hydrogen-bond donors (Lipinski definition) is 0. The molecule has 7 atom stereocenters. The van der Waals surface area contributed by atoms with Crippen LogP contribution in [0.1, 0.15) is 54.9 Å². The van der Waals surface area contributed by atoms with Crippen molar-refractivity contribution in [3.05, 3.63) is 36.5 Å². The quantitative estimate of drug-likeness (QED) is 0.255. The second-order valence-corrected chi connectivity index (χ2v) is 8.74. The van der Waals surface area contributed by atoms with Crippen molar-refractivity contribution in [1.82, 2.24) is 0 Å². The van der Waals surface area contributed by atoms with Gasteiger partial charge in [0.15, 0.2) is 0 Å². The Morgan fingerprint density at radius 2 is 1.36 bits per heavy atom. The minimum atomic E-state index is 0.102. The van der Waals surface area contributed by atoms with Crippen LogP contribution in [-0.2, 0) is 14.2 Å². The molecule has 0 bridgehead atoms. The van der Waals surface area contributed by atoms with Crippen molar-refractivity contribution >= 4 is 0 Å². The molecule has 0 radical (unpaired) electrons. The van der Waals surface area contributed by atoms with Crippen molar-refractivity contribution < 1.29 is 14.2 Å². The fourth-order valence-corrected chi connectivity index (χ4v) is 4.75. The molecule has 0 spiro atoms. The maximum absolute atomic E-state index is 5.95. The highest BCUT2D eigenvalue weighted by Gasteiger charge is 2.32. The van der Waals surface area contributed by atoms with Gasteiger partial charge in [0, 0.05) is 39.1 Å². The molecule has 0 saturated heterocycles. The Bertz CT molecular complexity index is 480. The maximum Gasteiger partial charge on any atom is 0.0681 e. The molecule has 0 aliphatic heterocycles. The smallest absolute Gasteiger partial charge is 0.0681 e. The lowest BCUT2D eigenvalue weighted by Gasteiger charge is -2.35. The van der Waals surface area contributed by atoms with Crippen LogP contribution in [0.3, 0.4) is 0 Å². The van der Waals surface area contributed by atoms with E-state index in [9.17, 15) is 0 Å². The molecule has 3 nitrogen and oxygen atoms in total. The van der Waals surface area contributed by atoms with Gasteiger partial charge < -0.3 is 14.2 Å². The van der Waals surface area contributed by atoms with Gasteiger partial charge in [0.25, 0.3) is 0 Å². The van der Waals surface area contributed by atoms with Crippen LogP contribution in [0, 0.1) is 29.6 Å². The summed E-state index contributed by atoms with van der Waals surface area (Å²) < 4.78 is 17.5. The second kappa shape index (κ2) is 14.1. The zero-order valence-electron chi connectivity index (χ0n) is 20.1. The van der Waals surface area contributed by atoms with E-state index in [1.54, 1.807) is 7.11 Å². The predicted molar refractivity (Wildman–Crippen MR) is 122 cm³/mol. The predicted octanol–water partition coefficient (Wildman–Crippen LogP) is 6.31. The number of rotatable bonds is 14. The summed E-state index contributed by atoms with van der Waals surface area (Å²) in [6, 6.07) is 0. The van der Waals surface area contributed by atoms with E-state index in [-0.39, 0.29) is 24.2 Å². The average molecular weight is 395 g/mol. The Labute approximate surface area is 175 Å². The van der Waals surface area contributed by atoms with Gasteiger partial charge in [0.1, 0.15) is 0 Å². The Morgan fingerprint density at radius 3 is 1.79 bits per heavy atom. The number of hydrogen-bond acceptors (Lipinski definition) is 3.